The number of rotatable bonds is 6. The summed E-state index contributed by atoms with van der Waals surface area (Å²) in [6.45, 7) is 7.96. The molecule has 1 aliphatic heterocycles. The third-order valence-corrected chi connectivity index (χ3v) is 4.50. The molecule has 0 atom stereocenters. The number of carbonyl (C=O) groups excluding carboxylic acids is 1. The van der Waals surface area contributed by atoms with E-state index < -0.39 is 0 Å². The Morgan fingerprint density at radius 3 is 2.19 bits per heavy atom. The molecular formula is C21H27N3O3. The lowest BCUT2D eigenvalue weighted by atomic mass is 10.2. The lowest BCUT2D eigenvalue weighted by molar-refractivity contribution is 0.208. The van der Waals surface area contributed by atoms with Crippen LogP contribution in [0.15, 0.2) is 48.5 Å². The molecule has 1 heterocycles. The number of hydrogen-bond donors (Lipinski definition) is 1. The number of ether oxygens (including phenoxy) is 2. The number of urea groups is 1. The second-order valence-electron chi connectivity index (χ2n) is 6.23. The highest BCUT2D eigenvalue weighted by atomic mass is 16.5. The number of amides is 2. The molecule has 27 heavy (non-hydrogen) atoms. The first-order valence-electron chi connectivity index (χ1n) is 9.47. The minimum Gasteiger partial charge on any atom is -0.492 e. The van der Waals surface area contributed by atoms with E-state index in [1.54, 1.807) is 0 Å². The monoisotopic (exact) mass is 369 g/mol. The summed E-state index contributed by atoms with van der Waals surface area (Å²) in [5.41, 5.74) is 1.79. The average Bonchev–Trinajstić information content (AvgIpc) is 2.70. The van der Waals surface area contributed by atoms with Crippen LogP contribution in [-0.4, -0.2) is 50.3 Å². The molecule has 2 aromatic carbocycles. The van der Waals surface area contributed by atoms with Gasteiger partial charge in [0.1, 0.15) is 11.5 Å². The first-order chi connectivity index (χ1) is 13.2. The maximum absolute atomic E-state index is 12.7. The normalized spacial score (nSPS) is 14.0. The Bertz CT molecular complexity index is 758. The van der Waals surface area contributed by atoms with Crippen LogP contribution in [0.3, 0.4) is 0 Å². The molecule has 1 N–H and O–H groups in total. The molecule has 1 saturated heterocycles. The van der Waals surface area contributed by atoms with E-state index in [9.17, 15) is 4.79 Å². The number of carbonyl (C=O) groups is 1. The number of benzene rings is 2. The molecule has 2 aromatic rings. The smallest absolute Gasteiger partial charge is 0.322 e. The highest BCUT2D eigenvalue weighted by molar-refractivity contribution is 5.91. The summed E-state index contributed by atoms with van der Waals surface area (Å²) in [4.78, 5) is 16.8. The van der Waals surface area contributed by atoms with Crippen molar-refractivity contribution < 1.29 is 14.3 Å². The van der Waals surface area contributed by atoms with Crippen molar-refractivity contribution in [2.75, 3.05) is 49.6 Å². The van der Waals surface area contributed by atoms with Crippen molar-refractivity contribution >= 4 is 17.4 Å². The number of piperazine rings is 1. The van der Waals surface area contributed by atoms with Crippen LogP contribution < -0.4 is 19.7 Å². The third kappa shape index (κ3) is 4.64. The van der Waals surface area contributed by atoms with E-state index in [-0.39, 0.29) is 6.03 Å². The van der Waals surface area contributed by atoms with E-state index in [2.05, 4.69) is 16.3 Å². The standard InChI is InChI=1S/C21H27N3O3/c1-3-26-19-11-7-5-9-17(19)22-21(25)24-15-13-23(14-16-24)18-10-6-8-12-20(18)27-4-2/h5-12H,3-4,13-16H2,1-2H3,(H,22,25). The Morgan fingerprint density at radius 1 is 0.889 bits per heavy atom. The Hall–Kier alpha value is -2.89. The van der Waals surface area contributed by atoms with Gasteiger partial charge in [-0.25, -0.2) is 4.79 Å². The molecule has 0 saturated carbocycles. The molecule has 0 aliphatic carbocycles. The van der Waals surface area contributed by atoms with Crippen molar-refractivity contribution in [1.82, 2.24) is 4.90 Å². The minimum atomic E-state index is -0.0973. The number of para-hydroxylation sites is 4. The number of hydrogen-bond acceptors (Lipinski definition) is 4. The van der Waals surface area contributed by atoms with Crippen LogP contribution in [-0.2, 0) is 0 Å². The van der Waals surface area contributed by atoms with Gasteiger partial charge < -0.3 is 24.6 Å². The summed E-state index contributed by atoms with van der Waals surface area (Å²) < 4.78 is 11.3. The van der Waals surface area contributed by atoms with Crippen LogP contribution in [0.1, 0.15) is 13.8 Å². The molecule has 0 radical (unpaired) electrons. The molecule has 3 rings (SSSR count). The Morgan fingerprint density at radius 2 is 1.48 bits per heavy atom. The Kier molecular flexibility index (Phi) is 6.41. The van der Waals surface area contributed by atoms with Crippen molar-refractivity contribution in [1.29, 1.82) is 0 Å². The van der Waals surface area contributed by atoms with Crippen LogP contribution >= 0.6 is 0 Å². The molecular weight excluding hydrogens is 342 g/mol. The average molecular weight is 369 g/mol. The highest BCUT2D eigenvalue weighted by Crippen LogP contribution is 2.29. The zero-order valence-electron chi connectivity index (χ0n) is 16.0. The summed E-state index contributed by atoms with van der Waals surface area (Å²) >= 11 is 0. The zero-order chi connectivity index (χ0) is 19.1. The van der Waals surface area contributed by atoms with Gasteiger partial charge in [-0.2, -0.15) is 0 Å². The van der Waals surface area contributed by atoms with Crippen LogP contribution in [0.2, 0.25) is 0 Å². The summed E-state index contributed by atoms with van der Waals surface area (Å²) in [6, 6.07) is 15.5. The molecule has 0 unspecified atom stereocenters. The van der Waals surface area contributed by atoms with Gasteiger partial charge in [0.25, 0.3) is 0 Å². The molecule has 0 bridgehead atoms. The van der Waals surface area contributed by atoms with Crippen molar-refractivity contribution in [3.63, 3.8) is 0 Å². The van der Waals surface area contributed by atoms with Crippen LogP contribution in [0, 0.1) is 0 Å². The largest absolute Gasteiger partial charge is 0.492 e. The van der Waals surface area contributed by atoms with E-state index in [4.69, 9.17) is 9.47 Å². The minimum absolute atomic E-state index is 0.0973. The van der Waals surface area contributed by atoms with Gasteiger partial charge in [-0.1, -0.05) is 24.3 Å². The highest BCUT2D eigenvalue weighted by Gasteiger charge is 2.23. The molecule has 1 aliphatic rings. The van der Waals surface area contributed by atoms with E-state index in [1.807, 2.05) is 61.2 Å². The van der Waals surface area contributed by atoms with Gasteiger partial charge in [0.2, 0.25) is 0 Å². The maximum Gasteiger partial charge on any atom is 0.322 e. The van der Waals surface area contributed by atoms with Gasteiger partial charge >= 0.3 is 6.03 Å². The molecule has 2 amide bonds. The fourth-order valence-electron chi connectivity index (χ4n) is 3.19. The van der Waals surface area contributed by atoms with Gasteiger partial charge in [0.05, 0.1) is 24.6 Å². The van der Waals surface area contributed by atoms with E-state index in [0.717, 1.165) is 24.5 Å². The molecule has 6 nitrogen and oxygen atoms in total. The third-order valence-electron chi connectivity index (χ3n) is 4.50. The lowest BCUT2D eigenvalue weighted by Gasteiger charge is -2.36. The first-order valence-corrected chi connectivity index (χ1v) is 9.47. The zero-order valence-corrected chi connectivity index (χ0v) is 16.0. The molecule has 1 fully saturated rings. The van der Waals surface area contributed by atoms with Crippen molar-refractivity contribution in [3.8, 4) is 11.5 Å². The predicted octanol–water partition coefficient (Wildman–Crippen LogP) is 3.84. The molecule has 144 valence electrons. The van der Waals surface area contributed by atoms with Gasteiger partial charge in [-0.15, -0.1) is 0 Å². The topological polar surface area (TPSA) is 54.0 Å². The van der Waals surface area contributed by atoms with E-state index in [0.29, 0.717) is 37.7 Å². The second kappa shape index (κ2) is 9.16. The number of anilines is 2. The Labute approximate surface area is 160 Å². The second-order valence-corrected chi connectivity index (χ2v) is 6.23. The van der Waals surface area contributed by atoms with Crippen LogP contribution in [0.5, 0.6) is 11.5 Å². The summed E-state index contributed by atoms with van der Waals surface area (Å²) in [5.74, 6) is 1.58. The van der Waals surface area contributed by atoms with Crippen molar-refractivity contribution in [3.05, 3.63) is 48.5 Å². The predicted molar refractivity (Wildman–Crippen MR) is 108 cm³/mol. The van der Waals surface area contributed by atoms with Crippen molar-refractivity contribution in [2.45, 2.75) is 13.8 Å². The Balaban J connectivity index is 1.60. The summed E-state index contributed by atoms with van der Waals surface area (Å²) in [6.07, 6.45) is 0. The maximum atomic E-state index is 12.7. The van der Waals surface area contributed by atoms with E-state index in [1.165, 1.54) is 0 Å². The fraction of sp³-hybridized carbons (Fsp3) is 0.381. The van der Waals surface area contributed by atoms with Crippen LogP contribution in [0.25, 0.3) is 0 Å². The summed E-state index contributed by atoms with van der Waals surface area (Å²) in [7, 11) is 0. The molecule has 0 spiro atoms. The SMILES string of the molecule is CCOc1ccccc1NC(=O)N1CCN(c2ccccc2OCC)CC1. The molecule has 0 aromatic heterocycles. The van der Waals surface area contributed by atoms with Gasteiger partial charge in [0.15, 0.2) is 0 Å². The van der Waals surface area contributed by atoms with Gasteiger partial charge in [-0.05, 0) is 38.1 Å². The van der Waals surface area contributed by atoms with Gasteiger partial charge in [0, 0.05) is 26.2 Å². The quantitative estimate of drug-likeness (QED) is 0.841. The first kappa shape index (κ1) is 18.9. The van der Waals surface area contributed by atoms with Crippen molar-refractivity contribution in [2.24, 2.45) is 0 Å². The fourth-order valence-corrected chi connectivity index (χ4v) is 3.19. The molecule has 6 heteroatoms. The van der Waals surface area contributed by atoms with E-state index >= 15 is 0 Å². The number of nitrogens with zero attached hydrogens (tertiary/aromatic N) is 2. The lowest BCUT2D eigenvalue weighted by Crippen LogP contribution is -2.50. The number of nitrogens with one attached hydrogen (secondary N) is 1. The van der Waals surface area contributed by atoms with Gasteiger partial charge in [-0.3, -0.25) is 0 Å². The van der Waals surface area contributed by atoms with Crippen LogP contribution in [0.4, 0.5) is 16.2 Å². The summed E-state index contributed by atoms with van der Waals surface area (Å²) in [5, 5.41) is 2.97.